The summed E-state index contributed by atoms with van der Waals surface area (Å²) in [4.78, 5) is 1.12. The van der Waals surface area contributed by atoms with Crippen molar-refractivity contribution >= 4 is 21.6 Å². The number of hydrogen-bond acceptors (Lipinski definition) is 4. The Morgan fingerprint density at radius 3 is 2.56 bits per heavy atom. The summed E-state index contributed by atoms with van der Waals surface area (Å²) in [5.74, 6) is 0.967. The molecule has 0 aliphatic carbocycles. The molecule has 1 unspecified atom stereocenters. The number of sulfone groups is 1. The van der Waals surface area contributed by atoms with Crippen LogP contribution in [0.3, 0.4) is 0 Å². The van der Waals surface area contributed by atoms with E-state index in [0.29, 0.717) is 18.6 Å². The number of thioether (sulfide) groups is 1. The summed E-state index contributed by atoms with van der Waals surface area (Å²) in [5.41, 5.74) is 0. The molecule has 1 N–H and O–H groups in total. The summed E-state index contributed by atoms with van der Waals surface area (Å²) in [7, 11) is -2.90. The van der Waals surface area contributed by atoms with Crippen molar-refractivity contribution in [1.82, 2.24) is 0 Å². The van der Waals surface area contributed by atoms with Gasteiger partial charge in [-0.15, -0.1) is 11.8 Å². The van der Waals surface area contributed by atoms with Crippen molar-refractivity contribution in [2.24, 2.45) is 0 Å². The number of rotatable bonds is 8. The van der Waals surface area contributed by atoms with Gasteiger partial charge in [0.2, 0.25) is 0 Å². The minimum absolute atomic E-state index is 0.177. The van der Waals surface area contributed by atoms with Gasteiger partial charge in [0, 0.05) is 16.4 Å². The Labute approximate surface area is 114 Å². The first kappa shape index (κ1) is 15.5. The molecule has 1 aromatic rings. The molecule has 0 fully saturated rings. The molecule has 0 aliphatic rings. The molecule has 0 saturated heterocycles. The van der Waals surface area contributed by atoms with E-state index < -0.39 is 15.9 Å². The fourth-order valence-corrected chi connectivity index (χ4v) is 3.27. The third-order valence-electron chi connectivity index (χ3n) is 2.62. The van der Waals surface area contributed by atoms with E-state index in [1.165, 1.54) is 0 Å². The molecule has 5 heteroatoms. The van der Waals surface area contributed by atoms with E-state index in [1.807, 2.05) is 30.3 Å². The lowest BCUT2D eigenvalue weighted by Gasteiger charge is -2.10. The molecule has 1 rings (SSSR count). The van der Waals surface area contributed by atoms with Crippen molar-refractivity contribution in [3.63, 3.8) is 0 Å². The molecule has 1 atom stereocenters. The molecular formula is C13H20O3S2. The van der Waals surface area contributed by atoms with Gasteiger partial charge >= 0.3 is 0 Å². The number of aliphatic hydroxyl groups excluding tert-OH is 1. The smallest absolute Gasteiger partial charge is 0.150 e. The van der Waals surface area contributed by atoms with E-state index >= 15 is 0 Å². The Balaban J connectivity index is 2.20. The molecule has 0 bridgehead atoms. The number of hydrogen-bond donors (Lipinski definition) is 1. The van der Waals surface area contributed by atoms with Crippen molar-refractivity contribution in [3.8, 4) is 0 Å². The van der Waals surface area contributed by atoms with Crippen LogP contribution in [0.15, 0.2) is 35.2 Å². The predicted octanol–water partition coefficient (Wildman–Crippen LogP) is 2.35. The van der Waals surface area contributed by atoms with Crippen molar-refractivity contribution in [3.05, 3.63) is 30.3 Å². The van der Waals surface area contributed by atoms with Crippen LogP contribution in [0.4, 0.5) is 0 Å². The normalized spacial score (nSPS) is 13.4. The maximum Gasteiger partial charge on any atom is 0.150 e. The van der Waals surface area contributed by atoms with Crippen molar-refractivity contribution in [1.29, 1.82) is 0 Å². The van der Waals surface area contributed by atoms with Gasteiger partial charge in [-0.25, -0.2) is 8.42 Å². The Hall–Kier alpha value is -0.520. The standard InChI is InChI=1S/C13H20O3S2/c1-2-18(15,16)10-6-7-12(14)11-17-13-8-4-3-5-9-13/h3-5,8-9,12,14H,2,6-7,10-11H2,1H3. The molecule has 0 heterocycles. The van der Waals surface area contributed by atoms with Crippen LogP contribution in [0, 0.1) is 0 Å². The van der Waals surface area contributed by atoms with E-state index in [0.717, 1.165) is 4.90 Å². The Bertz CT molecular complexity index is 429. The quantitative estimate of drug-likeness (QED) is 0.746. The highest BCUT2D eigenvalue weighted by atomic mass is 32.2. The molecular weight excluding hydrogens is 268 g/mol. The second kappa shape index (κ2) is 7.81. The van der Waals surface area contributed by atoms with Crippen LogP contribution in [-0.2, 0) is 9.84 Å². The highest BCUT2D eigenvalue weighted by Crippen LogP contribution is 2.19. The second-order valence-corrected chi connectivity index (χ2v) is 7.72. The highest BCUT2D eigenvalue weighted by Gasteiger charge is 2.10. The van der Waals surface area contributed by atoms with Crippen molar-refractivity contribution in [2.45, 2.75) is 30.8 Å². The van der Waals surface area contributed by atoms with Crippen LogP contribution < -0.4 is 0 Å². The maximum atomic E-state index is 11.3. The first-order valence-electron chi connectivity index (χ1n) is 6.10. The van der Waals surface area contributed by atoms with Gasteiger partial charge in [0.1, 0.15) is 9.84 Å². The van der Waals surface area contributed by atoms with Gasteiger partial charge in [-0.3, -0.25) is 0 Å². The van der Waals surface area contributed by atoms with Crippen LogP contribution in [0.2, 0.25) is 0 Å². The lowest BCUT2D eigenvalue weighted by Crippen LogP contribution is -2.14. The molecule has 0 aromatic heterocycles. The summed E-state index contributed by atoms with van der Waals surface area (Å²) in [5, 5.41) is 9.76. The van der Waals surface area contributed by atoms with E-state index in [9.17, 15) is 13.5 Å². The van der Waals surface area contributed by atoms with Gasteiger partial charge in [0.05, 0.1) is 11.9 Å². The summed E-state index contributed by atoms with van der Waals surface area (Å²) in [6, 6.07) is 9.87. The van der Waals surface area contributed by atoms with Gasteiger partial charge in [0.15, 0.2) is 0 Å². The number of benzene rings is 1. The zero-order valence-corrected chi connectivity index (χ0v) is 12.2. The molecule has 0 amide bonds. The molecule has 0 radical (unpaired) electrons. The van der Waals surface area contributed by atoms with Gasteiger partial charge in [0.25, 0.3) is 0 Å². The fraction of sp³-hybridized carbons (Fsp3) is 0.538. The average Bonchev–Trinajstić information content (AvgIpc) is 2.37. The molecule has 0 saturated carbocycles. The molecule has 18 heavy (non-hydrogen) atoms. The summed E-state index contributed by atoms with van der Waals surface area (Å²) in [6.07, 6.45) is 0.633. The largest absolute Gasteiger partial charge is 0.392 e. The number of aliphatic hydroxyl groups is 1. The predicted molar refractivity (Wildman–Crippen MR) is 76.7 cm³/mol. The monoisotopic (exact) mass is 288 g/mol. The Kier molecular flexibility index (Phi) is 6.75. The molecule has 102 valence electrons. The first-order valence-corrected chi connectivity index (χ1v) is 8.90. The third-order valence-corrected chi connectivity index (χ3v) is 5.57. The average molecular weight is 288 g/mol. The van der Waals surface area contributed by atoms with Gasteiger partial charge in [-0.05, 0) is 25.0 Å². The minimum atomic E-state index is -2.90. The summed E-state index contributed by atoms with van der Waals surface area (Å²) in [6.45, 7) is 1.65. The first-order chi connectivity index (χ1) is 8.53. The van der Waals surface area contributed by atoms with Gasteiger partial charge in [-0.1, -0.05) is 25.1 Å². The fourth-order valence-electron chi connectivity index (χ4n) is 1.48. The van der Waals surface area contributed by atoms with E-state index in [4.69, 9.17) is 0 Å². The van der Waals surface area contributed by atoms with E-state index in [2.05, 4.69) is 0 Å². The zero-order chi connectivity index (χ0) is 13.4. The van der Waals surface area contributed by atoms with Gasteiger partial charge < -0.3 is 5.11 Å². The van der Waals surface area contributed by atoms with Crippen LogP contribution >= 0.6 is 11.8 Å². The SMILES string of the molecule is CCS(=O)(=O)CCCC(O)CSc1ccccc1. The maximum absolute atomic E-state index is 11.3. The molecule has 3 nitrogen and oxygen atoms in total. The third kappa shape index (κ3) is 6.42. The molecule has 0 aliphatic heterocycles. The van der Waals surface area contributed by atoms with Crippen molar-refractivity contribution in [2.75, 3.05) is 17.3 Å². The minimum Gasteiger partial charge on any atom is -0.392 e. The zero-order valence-electron chi connectivity index (χ0n) is 10.6. The lowest BCUT2D eigenvalue weighted by atomic mass is 10.2. The highest BCUT2D eigenvalue weighted by molar-refractivity contribution is 7.99. The van der Waals surface area contributed by atoms with Crippen LogP contribution in [0.5, 0.6) is 0 Å². The van der Waals surface area contributed by atoms with Crippen LogP contribution in [-0.4, -0.2) is 36.9 Å². The lowest BCUT2D eigenvalue weighted by molar-refractivity contribution is 0.188. The second-order valence-electron chi connectivity index (χ2n) is 4.16. The summed E-state index contributed by atoms with van der Waals surface area (Å²) >= 11 is 1.59. The van der Waals surface area contributed by atoms with E-state index in [1.54, 1.807) is 18.7 Å². The van der Waals surface area contributed by atoms with E-state index in [-0.39, 0.29) is 11.5 Å². The summed E-state index contributed by atoms with van der Waals surface area (Å²) < 4.78 is 22.5. The molecule has 0 spiro atoms. The topological polar surface area (TPSA) is 54.4 Å². The van der Waals surface area contributed by atoms with Crippen molar-refractivity contribution < 1.29 is 13.5 Å². The molecule has 1 aromatic carbocycles. The van der Waals surface area contributed by atoms with Crippen LogP contribution in [0.1, 0.15) is 19.8 Å². The Morgan fingerprint density at radius 1 is 1.28 bits per heavy atom. The van der Waals surface area contributed by atoms with Crippen LogP contribution in [0.25, 0.3) is 0 Å². The van der Waals surface area contributed by atoms with Gasteiger partial charge in [-0.2, -0.15) is 0 Å². The Morgan fingerprint density at radius 2 is 1.94 bits per heavy atom.